The maximum absolute atomic E-state index is 13.4. The van der Waals surface area contributed by atoms with Gasteiger partial charge in [0.25, 0.3) is 6.43 Å². The molecule has 3 nitrogen and oxygen atoms in total. The summed E-state index contributed by atoms with van der Waals surface area (Å²) in [7, 11) is 0. The fourth-order valence-corrected chi connectivity index (χ4v) is 6.57. The molecule has 3 rings (SSSR count). The van der Waals surface area contributed by atoms with Crippen LogP contribution in [0.15, 0.2) is 12.1 Å². The van der Waals surface area contributed by atoms with Crippen molar-refractivity contribution in [2.75, 3.05) is 6.61 Å². The number of phenolic OH excluding ortho intramolecular Hbond substituents is 1. The van der Waals surface area contributed by atoms with Crippen LogP contribution in [0, 0.1) is 23.7 Å². The number of carbonyl (C=O) groups is 1. The summed E-state index contributed by atoms with van der Waals surface area (Å²) in [5.41, 5.74) is -0.594. The molecule has 0 atom stereocenters. The molecule has 1 N–H and O–H groups in total. The van der Waals surface area contributed by atoms with E-state index in [9.17, 15) is 18.7 Å². The predicted molar refractivity (Wildman–Crippen MR) is 137 cm³/mol. The van der Waals surface area contributed by atoms with Gasteiger partial charge in [0, 0.05) is 6.42 Å². The molecule has 1 aromatic carbocycles. The van der Waals surface area contributed by atoms with Gasteiger partial charge in [-0.25, -0.2) is 8.78 Å². The van der Waals surface area contributed by atoms with E-state index in [2.05, 4.69) is 6.92 Å². The highest BCUT2D eigenvalue weighted by atomic mass is 19.3. The topological polar surface area (TPSA) is 46.5 Å². The van der Waals surface area contributed by atoms with E-state index < -0.39 is 17.7 Å². The highest BCUT2D eigenvalue weighted by Crippen LogP contribution is 2.43. The van der Waals surface area contributed by atoms with E-state index >= 15 is 0 Å². The van der Waals surface area contributed by atoms with Crippen LogP contribution in [0.2, 0.25) is 0 Å². The van der Waals surface area contributed by atoms with Crippen LogP contribution in [0.3, 0.4) is 0 Å². The van der Waals surface area contributed by atoms with Crippen LogP contribution >= 0.6 is 0 Å². The monoisotopic (exact) mass is 492 g/mol. The number of rotatable bonds is 13. The Hall–Kier alpha value is -1.65. The van der Waals surface area contributed by atoms with Crippen molar-refractivity contribution < 1.29 is 23.4 Å². The zero-order chi connectivity index (χ0) is 25.2. The number of unbranched alkanes of at least 4 members (excludes halogenated alkanes) is 2. The summed E-state index contributed by atoms with van der Waals surface area (Å²) >= 11 is 0. The normalized spacial score (nSPS) is 25.1. The molecule has 0 spiro atoms. The zero-order valence-electron chi connectivity index (χ0n) is 21.9. The molecule has 1 aromatic rings. The number of Topliss-reactive ketones (excluding diaryl/α,β-unsaturated/α-hetero) is 1. The summed E-state index contributed by atoms with van der Waals surface area (Å²) in [6.45, 7) is 4.19. The van der Waals surface area contributed by atoms with Crippen LogP contribution in [0.25, 0.3) is 0 Å². The standard InChI is InChI=1S/C30H46F2O3/c1-3-5-6-8-21-11-15-23(16-12-21)24-17-13-22(14-18-24)9-7-10-26(33)25-19-20-27(35-4-2)28(29(25)34)30(31)32/h19-24,30,34H,3-18H2,1-2H3. The third-order valence-electron chi connectivity index (χ3n) is 8.68. The van der Waals surface area contributed by atoms with Gasteiger partial charge in [0.05, 0.1) is 12.2 Å². The average Bonchev–Trinajstić information content (AvgIpc) is 2.85. The first kappa shape index (κ1) is 27.9. The third kappa shape index (κ3) is 7.92. The Morgan fingerprint density at radius 1 is 0.914 bits per heavy atom. The van der Waals surface area contributed by atoms with Gasteiger partial charge in [-0.15, -0.1) is 0 Å². The average molecular weight is 493 g/mol. The molecule has 35 heavy (non-hydrogen) atoms. The van der Waals surface area contributed by atoms with Gasteiger partial charge >= 0.3 is 0 Å². The van der Waals surface area contributed by atoms with Crippen LogP contribution in [-0.4, -0.2) is 17.5 Å². The molecule has 5 heteroatoms. The number of halogens is 2. The fourth-order valence-electron chi connectivity index (χ4n) is 6.57. The predicted octanol–water partition coefficient (Wildman–Crippen LogP) is 9.27. The van der Waals surface area contributed by atoms with Crippen LogP contribution < -0.4 is 4.74 Å². The minimum Gasteiger partial charge on any atom is -0.507 e. The maximum atomic E-state index is 13.4. The summed E-state index contributed by atoms with van der Waals surface area (Å²) in [5, 5.41) is 10.3. The Bertz CT molecular complexity index is 778. The number of carbonyl (C=O) groups excluding carboxylic acids is 1. The summed E-state index contributed by atoms with van der Waals surface area (Å²) in [6.07, 6.45) is 15.5. The summed E-state index contributed by atoms with van der Waals surface area (Å²) < 4.78 is 32.1. The summed E-state index contributed by atoms with van der Waals surface area (Å²) in [5.74, 6) is 2.49. The SMILES string of the molecule is CCCCCC1CCC(C2CCC(CCCC(=O)c3ccc(OCC)c(C(F)F)c3O)CC2)CC1. The number of hydrogen-bond donors (Lipinski definition) is 1. The number of phenols is 1. The van der Waals surface area contributed by atoms with Crippen molar-refractivity contribution in [1.82, 2.24) is 0 Å². The van der Waals surface area contributed by atoms with Gasteiger partial charge < -0.3 is 9.84 Å². The van der Waals surface area contributed by atoms with Gasteiger partial charge in [-0.2, -0.15) is 0 Å². The first-order valence-corrected chi connectivity index (χ1v) is 14.2. The lowest BCUT2D eigenvalue weighted by atomic mass is 9.68. The van der Waals surface area contributed by atoms with Crippen molar-refractivity contribution >= 4 is 5.78 Å². The lowest BCUT2D eigenvalue weighted by Gasteiger charge is -2.38. The van der Waals surface area contributed by atoms with Crippen molar-refractivity contribution in [3.05, 3.63) is 23.3 Å². The van der Waals surface area contributed by atoms with E-state index in [0.717, 1.165) is 30.6 Å². The molecule has 2 aliphatic rings. The second-order valence-corrected chi connectivity index (χ2v) is 11.0. The third-order valence-corrected chi connectivity index (χ3v) is 8.68. The highest BCUT2D eigenvalue weighted by Gasteiger charge is 2.31. The second-order valence-electron chi connectivity index (χ2n) is 11.0. The molecule has 0 bridgehead atoms. The van der Waals surface area contributed by atoms with Gasteiger partial charge in [-0.1, -0.05) is 64.7 Å². The van der Waals surface area contributed by atoms with E-state index in [1.54, 1.807) is 6.92 Å². The largest absolute Gasteiger partial charge is 0.507 e. The molecule has 2 aliphatic carbocycles. The molecular weight excluding hydrogens is 446 g/mol. The van der Waals surface area contributed by atoms with Crippen LogP contribution in [0.5, 0.6) is 11.5 Å². The molecule has 0 heterocycles. The molecule has 2 saturated carbocycles. The van der Waals surface area contributed by atoms with E-state index in [1.165, 1.54) is 89.2 Å². The number of benzene rings is 1. The zero-order valence-corrected chi connectivity index (χ0v) is 21.9. The molecule has 0 unspecified atom stereocenters. The molecule has 198 valence electrons. The fraction of sp³-hybridized carbons (Fsp3) is 0.767. The van der Waals surface area contributed by atoms with Gasteiger partial charge in [0.2, 0.25) is 0 Å². The number of alkyl halides is 2. The Labute approximate surface area is 211 Å². The van der Waals surface area contributed by atoms with E-state index in [0.29, 0.717) is 5.92 Å². The smallest absolute Gasteiger partial charge is 0.271 e. The number of hydrogen-bond acceptors (Lipinski definition) is 3. The molecule has 0 aromatic heterocycles. The van der Waals surface area contributed by atoms with Crippen molar-refractivity contribution in [2.24, 2.45) is 23.7 Å². The molecule has 2 fully saturated rings. The van der Waals surface area contributed by atoms with Gasteiger partial charge in [0.15, 0.2) is 5.78 Å². The first-order valence-electron chi connectivity index (χ1n) is 14.2. The lowest BCUT2D eigenvalue weighted by Crippen LogP contribution is -2.26. The minimum atomic E-state index is -2.89. The summed E-state index contributed by atoms with van der Waals surface area (Å²) in [4.78, 5) is 12.7. The quantitative estimate of drug-likeness (QED) is 0.220. The van der Waals surface area contributed by atoms with Crippen molar-refractivity contribution in [1.29, 1.82) is 0 Å². The minimum absolute atomic E-state index is 0.0160. The molecule has 0 aliphatic heterocycles. The number of ketones is 1. The maximum Gasteiger partial charge on any atom is 0.271 e. The van der Waals surface area contributed by atoms with Crippen molar-refractivity contribution in [2.45, 2.75) is 117 Å². The summed E-state index contributed by atoms with van der Waals surface area (Å²) in [6, 6.07) is 2.79. The van der Waals surface area contributed by atoms with Crippen LogP contribution in [0.1, 0.15) is 133 Å². The van der Waals surface area contributed by atoms with Gasteiger partial charge in [-0.05, 0) is 74.8 Å². The Balaban J connectivity index is 1.39. The van der Waals surface area contributed by atoms with Crippen LogP contribution in [0.4, 0.5) is 8.78 Å². The van der Waals surface area contributed by atoms with Crippen molar-refractivity contribution in [3.63, 3.8) is 0 Å². The van der Waals surface area contributed by atoms with E-state index in [-0.39, 0.29) is 30.1 Å². The number of aromatic hydroxyl groups is 1. The van der Waals surface area contributed by atoms with Crippen LogP contribution in [-0.2, 0) is 0 Å². The van der Waals surface area contributed by atoms with Gasteiger partial charge in [0.1, 0.15) is 17.1 Å². The van der Waals surface area contributed by atoms with E-state index in [4.69, 9.17) is 4.74 Å². The number of ether oxygens (including phenoxy) is 1. The molecule has 0 saturated heterocycles. The Morgan fingerprint density at radius 3 is 2.00 bits per heavy atom. The van der Waals surface area contributed by atoms with E-state index in [1.807, 2.05) is 0 Å². The molecule has 0 radical (unpaired) electrons. The molecular formula is C30H46F2O3. The lowest BCUT2D eigenvalue weighted by molar-refractivity contribution is 0.0969. The second kappa shape index (κ2) is 14.2. The van der Waals surface area contributed by atoms with Gasteiger partial charge in [-0.3, -0.25) is 4.79 Å². The molecule has 0 amide bonds. The van der Waals surface area contributed by atoms with Crippen molar-refractivity contribution in [3.8, 4) is 11.5 Å². The highest BCUT2D eigenvalue weighted by molar-refractivity contribution is 5.99. The Morgan fingerprint density at radius 2 is 1.49 bits per heavy atom. The first-order chi connectivity index (χ1) is 16.9. The Kier molecular flexibility index (Phi) is 11.3.